The number of imide groups is 1. The number of hydrogen-bond acceptors (Lipinski definition) is 6. The van der Waals surface area contributed by atoms with Gasteiger partial charge in [-0.05, 0) is 48.0 Å². The molecule has 1 saturated heterocycles. The minimum atomic E-state index is -0.291. The average molecular weight is 413 g/mol. The summed E-state index contributed by atoms with van der Waals surface area (Å²) in [4.78, 5) is 26.8. The van der Waals surface area contributed by atoms with E-state index in [1.807, 2.05) is 37.3 Å². The number of methoxy groups -OCH3 is 2. The van der Waals surface area contributed by atoms with Crippen LogP contribution in [-0.2, 0) is 16.1 Å². The van der Waals surface area contributed by atoms with Crippen LogP contribution in [0.4, 0.5) is 4.79 Å². The van der Waals surface area contributed by atoms with Gasteiger partial charge in [0.1, 0.15) is 6.61 Å². The molecule has 1 aliphatic heterocycles. The minimum Gasteiger partial charge on any atom is -0.493 e. The Morgan fingerprint density at radius 3 is 2.59 bits per heavy atom. The third-order valence-electron chi connectivity index (χ3n) is 4.33. The van der Waals surface area contributed by atoms with Gasteiger partial charge in [0.2, 0.25) is 0 Å². The van der Waals surface area contributed by atoms with Gasteiger partial charge in [0.05, 0.1) is 25.2 Å². The first kappa shape index (κ1) is 21.0. The Morgan fingerprint density at radius 1 is 1.03 bits per heavy atom. The van der Waals surface area contributed by atoms with Crippen LogP contribution < -0.4 is 9.47 Å². The highest BCUT2D eigenvalue weighted by atomic mass is 32.2. The maximum atomic E-state index is 12.8. The lowest BCUT2D eigenvalue weighted by atomic mass is 10.1. The summed E-state index contributed by atoms with van der Waals surface area (Å²) in [5, 5.41) is -0.269. The minimum absolute atomic E-state index is 0.263. The van der Waals surface area contributed by atoms with E-state index >= 15 is 0 Å². The molecule has 0 atom stereocenters. The lowest BCUT2D eigenvalue weighted by molar-refractivity contribution is -0.123. The van der Waals surface area contributed by atoms with E-state index in [9.17, 15) is 9.59 Å². The second-order valence-electron chi connectivity index (χ2n) is 6.51. The van der Waals surface area contributed by atoms with Crippen LogP contribution in [0, 0.1) is 6.92 Å². The Morgan fingerprint density at radius 2 is 1.86 bits per heavy atom. The van der Waals surface area contributed by atoms with Crippen LogP contribution in [0.5, 0.6) is 11.5 Å². The molecule has 0 aliphatic carbocycles. The Hall–Kier alpha value is -2.77. The van der Waals surface area contributed by atoms with Crippen molar-refractivity contribution in [1.29, 1.82) is 0 Å². The molecule has 2 aromatic carbocycles. The Labute approximate surface area is 174 Å². The van der Waals surface area contributed by atoms with Crippen LogP contribution in [-0.4, -0.2) is 43.5 Å². The molecule has 152 valence electrons. The number of thioether (sulfide) groups is 1. The number of nitrogens with zero attached hydrogens (tertiary/aromatic N) is 1. The number of amides is 2. The number of aryl methyl sites for hydroxylation is 1. The molecule has 6 nitrogen and oxygen atoms in total. The normalized spacial score (nSPS) is 15.3. The van der Waals surface area contributed by atoms with Gasteiger partial charge in [-0.1, -0.05) is 35.9 Å². The molecule has 0 radical (unpaired) electrons. The van der Waals surface area contributed by atoms with E-state index in [2.05, 4.69) is 0 Å². The molecule has 0 aromatic heterocycles. The van der Waals surface area contributed by atoms with E-state index in [0.717, 1.165) is 28.5 Å². The molecule has 0 bridgehead atoms. The second kappa shape index (κ2) is 9.62. The molecule has 1 aliphatic rings. The van der Waals surface area contributed by atoms with Gasteiger partial charge in [0.25, 0.3) is 11.1 Å². The largest absolute Gasteiger partial charge is 0.493 e. The predicted molar refractivity (Wildman–Crippen MR) is 113 cm³/mol. The molecule has 2 amide bonds. The molecule has 3 rings (SSSR count). The van der Waals surface area contributed by atoms with Crippen molar-refractivity contribution in [3.8, 4) is 11.5 Å². The molecular weight excluding hydrogens is 390 g/mol. The van der Waals surface area contributed by atoms with Gasteiger partial charge < -0.3 is 14.2 Å². The monoisotopic (exact) mass is 413 g/mol. The molecule has 0 N–H and O–H groups in total. The van der Waals surface area contributed by atoms with Gasteiger partial charge in [-0.3, -0.25) is 14.5 Å². The van der Waals surface area contributed by atoms with Crippen LogP contribution in [0.15, 0.2) is 47.4 Å². The first-order valence-electron chi connectivity index (χ1n) is 9.12. The summed E-state index contributed by atoms with van der Waals surface area (Å²) in [7, 11) is 3.16. The van der Waals surface area contributed by atoms with Crippen molar-refractivity contribution < 1.29 is 23.8 Å². The lowest BCUT2D eigenvalue weighted by Gasteiger charge is -2.13. The van der Waals surface area contributed by atoms with Gasteiger partial charge in [-0.25, -0.2) is 0 Å². The Bertz CT molecular complexity index is 941. The fraction of sp³-hybridized carbons (Fsp3) is 0.273. The molecular formula is C22H23NO5S. The Kier molecular flexibility index (Phi) is 6.95. The summed E-state index contributed by atoms with van der Waals surface area (Å²) in [6, 6.07) is 13.1. The number of carbonyl (C=O) groups is 2. The number of hydrogen-bond donors (Lipinski definition) is 0. The number of carbonyl (C=O) groups excluding carboxylic acids is 2. The van der Waals surface area contributed by atoms with Crippen LogP contribution in [0.2, 0.25) is 0 Å². The highest BCUT2D eigenvalue weighted by molar-refractivity contribution is 8.18. The van der Waals surface area contributed by atoms with E-state index in [4.69, 9.17) is 14.2 Å². The van der Waals surface area contributed by atoms with Crippen LogP contribution in [0.1, 0.15) is 16.7 Å². The fourth-order valence-electron chi connectivity index (χ4n) is 2.91. The quantitative estimate of drug-likeness (QED) is 0.476. The summed E-state index contributed by atoms with van der Waals surface area (Å²) >= 11 is 0.945. The molecule has 1 fully saturated rings. The van der Waals surface area contributed by atoms with Crippen molar-refractivity contribution in [2.45, 2.75) is 13.5 Å². The first-order valence-corrected chi connectivity index (χ1v) is 9.94. The van der Waals surface area contributed by atoms with Crippen molar-refractivity contribution in [2.75, 3.05) is 27.4 Å². The third-order valence-corrected chi connectivity index (χ3v) is 5.23. The molecule has 7 heteroatoms. The predicted octanol–water partition coefficient (Wildman–Crippen LogP) is 4.27. The van der Waals surface area contributed by atoms with Crippen molar-refractivity contribution in [2.24, 2.45) is 0 Å². The van der Waals surface area contributed by atoms with Crippen molar-refractivity contribution >= 4 is 29.0 Å². The summed E-state index contributed by atoms with van der Waals surface area (Å²) in [6.45, 7) is 3.12. The number of ether oxygens (including phenoxy) is 3. The molecule has 0 spiro atoms. The highest BCUT2D eigenvalue weighted by Crippen LogP contribution is 2.35. The maximum absolute atomic E-state index is 12.8. The SMILES string of the molecule is COCCOc1ccc(/C=C2\SC(=O)N(Cc3cccc(C)c3)C2=O)cc1OC. The van der Waals surface area contributed by atoms with E-state index in [0.29, 0.717) is 29.6 Å². The molecule has 0 unspecified atom stereocenters. The zero-order chi connectivity index (χ0) is 20.8. The van der Waals surface area contributed by atoms with E-state index in [-0.39, 0.29) is 17.7 Å². The summed E-state index contributed by atoms with van der Waals surface area (Å²) < 4.78 is 16.0. The van der Waals surface area contributed by atoms with Gasteiger partial charge in [-0.15, -0.1) is 0 Å². The fourth-order valence-corrected chi connectivity index (χ4v) is 3.75. The summed E-state index contributed by atoms with van der Waals surface area (Å²) in [5.41, 5.74) is 2.76. The molecule has 0 saturated carbocycles. The molecule has 29 heavy (non-hydrogen) atoms. The molecule has 2 aromatic rings. The van der Waals surface area contributed by atoms with Gasteiger partial charge in [0, 0.05) is 7.11 Å². The zero-order valence-electron chi connectivity index (χ0n) is 16.6. The van der Waals surface area contributed by atoms with E-state index in [1.54, 1.807) is 32.4 Å². The number of rotatable bonds is 8. The summed E-state index contributed by atoms with van der Waals surface area (Å²) in [6.07, 6.45) is 1.70. The zero-order valence-corrected chi connectivity index (χ0v) is 17.5. The average Bonchev–Trinajstić information content (AvgIpc) is 2.96. The van der Waals surface area contributed by atoms with Crippen molar-refractivity contribution in [3.05, 3.63) is 64.1 Å². The van der Waals surface area contributed by atoms with Crippen LogP contribution in [0.25, 0.3) is 6.08 Å². The molecule has 1 heterocycles. The van der Waals surface area contributed by atoms with Gasteiger partial charge in [0.15, 0.2) is 11.5 Å². The number of benzene rings is 2. The summed E-state index contributed by atoms with van der Waals surface area (Å²) in [5.74, 6) is 0.851. The van der Waals surface area contributed by atoms with Crippen molar-refractivity contribution in [3.63, 3.8) is 0 Å². The van der Waals surface area contributed by atoms with Gasteiger partial charge >= 0.3 is 0 Å². The smallest absolute Gasteiger partial charge is 0.293 e. The van der Waals surface area contributed by atoms with E-state index in [1.165, 1.54) is 4.90 Å². The lowest BCUT2D eigenvalue weighted by Crippen LogP contribution is -2.27. The topological polar surface area (TPSA) is 65.1 Å². The maximum Gasteiger partial charge on any atom is 0.293 e. The van der Waals surface area contributed by atoms with E-state index < -0.39 is 0 Å². The van der Waals surface area contributed by atoms with Crippen LogP contribution >= 0.6 is 11.8 Å². The highest BCUT2D eigenvalue weighted by Gasteiger charge is 2.35. The first-order chi connectivity index (χ1) is 14.0. The second-order valence-corrected chi connectivity index (χ2v) is 7.50. The van der Waals surface area contributed by atoms with Crippen molar-refractivity contribution in [1.82, 2.24) is 4.90 Å². The third kappa shape index (κ3) is 5.19. The standard InChI is InChI=1S/C22H23NO5S/c1-15-5-4-6-17(11-15)14-23-21(24)20(29-22(23)25)13-16-7-8-18(19(12-16)27-3)28-10-9-26-2/h4-8,11-13H,9-10,14H2,1-3H3/b20-13-. The van der Waals surface area contributed by atoms with Crippen LogP contribution in [0.3, 0.4) is 0 Å². The van der Waals surface area contributed by atoms with Gasteiger partial charge in [-0.2, -0.15) is 0 Å². The Balaban J connectivity index is 1.76.